The van der Waals surface area contributed by atoms with E-state index in [1.54, 1.807) is 25.7 Å². The molecule has 1 aliphatic heterocycles. The Hall–Kier alpha value is -2.62. The molecule has 1 fully saturated rings. The number of likely N-dealkylation sites (tertiary alicyclic amines) is 1. The Morgan fingerprint density at radius 1 is 1.26 bits per heavy atom. The largest absolute Gasteiger partial charge is 0.444 e. The van der Waals surface area contributed by atoms with Gasteiger partial charge in [0.25, 0.3) is 5.91 Å². The van der Waals surface area contributed by atoms with Gasteiger partial charge in [0.1, 0.15) is 11.3 Å². The molecule has 0 bridgehead atoms. The van der Waals surface area contributed by atoms with Gasteiger partial charge in [-0.2, -0.15) is 13.2 Å². The minimum atomic E-state index is -4.42. The standard InChI is InChI=1S/C21H24F3N3O3S/c1-12-26-16(17(31-12)13-4-6-14(7-5-13)21(22,23)24)18(28)27-11-9-15(27)8-10-20(2,3)30-19(25)29/h4-7,15H,8-11H2,1-3H3,(H2,25,29). The number of amides is 2. The van der Waals surface area contributed by atoms with Crippen LogP contribution in [0.5, 0.6) is 0 Å². The summed E-state index contributed by atoms with van der Waals surface area (Å²) in [4.78, 5) is 30.8. The first-order valence-electron chi connectivity index (χ1n) is 9.82. The summed E-state index contributed by atoms with van der Waals surface area (Å²) >= 11 is 1.28. The van der Waals surface area contributed by atoms with Crippen LogP contribution in [0.1, 0.15) is 54.2 Å². The van der Waals surface area contributed by atoms with Crippen molar-refractivity contribution in [1.29, 1.82) is 0 Å². The summed E-state index contributed by atoms with van der Waals surface area (Å²) in [6, 6.07) is 4.72. The van der Waals surface area contributed by atoms with Crippen LogP contribution in [0.25, 0.3) is 10.4 Å². The minimum Gasteiger partial charge on any atom is -0.444 e. The van der Waals surface area contributed by atoms with Crippen molar-refractivity contribution in [1.82, 2.24) is 9.88 Å². The third kappa shape index (κ3) is 5.36. The molecule has 1 unspecified atom stereocenters. The van der Waals surface area contributed by atoms with E-state index in [4.69, 9.17) is 10.5 Å². The van der Waals surface area contributed by atoms with Crippen LogP contribution in [-0.2, 0) is 10.9 Å². The molecule has 168 valence electrons. The summed E-state index contributed by atoms with van der Waals surface area (Å²) in [5.74, 6) is -0.246. The maximum atomic E-state index is 13.2. The molecule has 1 saturated heterocycles. The van der Waals surface area contributed by atoms with Gasteiger partial charge in [-0.15, -0.1) is 11.3 Å². The number of ether oxygens (including phenoxy) is 1. The lowest BCUT2D eigenvalue weighted by molar-refractivity contribution is -0.137. The van der Waals surface area contributed by atoms with Gasteiger partial charge in [-0.25, -0.2) is 9.78 Å². The molecule has 1 aromatic heterocycles. The lowest BCUT2D eigenvalue weighted by Crippen LogP contribution is -2.52. The second-order valence-corrected chi connectivity index (χ2v) is 9.35. The molecular weight excluding hydrogens is 431 g/mol. The van der Waals surface area contributed by atoms with Crippen LogP contribution in [0, 0.1) is 6.92 Å². The molecule has 2 aromatic rings. The first-order valence-corrected chi connectivity index (χ1v) is 10.6. The number of hydrogen-bond acceptors (Lipinski definition) is 5. The van der Waals surface area contributed by atoms with Gasteiger partial charge in [-0.05, 0) is 57.7 Å². The van der Waals surface area contributed by atoms with Crippen molar-refractivity contribution in [3.8, 4) is 10.4 Å². The monoisotopic (exact) mass is 455 g/mol. The first-order chi connectivity index (χ1) is 14.4. The van der Waals surface area contributed by atoms with E-state index in [0.29, 0.717) is 34.8 Å². The minimum absolute atomic E-state index is 0.0225. The van der Waals surface area contributed by atoms with Gasteiger partial charge in [-0.3, -0.25) is 4.79 Å². The number of carbonyl (C=O) groups excluding carboxylic acids is 2. The van der Waals surface area contributed by atoms with Crippen molar-refractivity contribution in [2.75, 3.05) is 6.54 Å². The molecule has 1 aliphatic rings. The van der Waals surface area contributed by atoms with Gasteiger partial charge in [-0.1, -0.05) is 12.1 Å². The van der Waals surface area contributed by atoms with Crippen LogP contribution in [-0.4, -0.2) is 40.1 Å². The van der Waals surface area contributed by atoms with E-state index in [1.807, 2.05) is 0 Å². The Labute approximate surface area is 182 Å². The zero-order valence-electron chi connectivity index (χ0n) is 17.5. The van der Waals surface area contributed by atoms with Crippen LogP contribution < -0.4 is 5.73 Å². The summed E-state index contributed by atoms with van der Waals surface area (Å²) in [6.07, 6.45) is -3.28. The van der Waals surface area contributed by atoms with E-state index in [-0.39, 0.29) is 17.6 Å². The Morgan fingerprint density at radius 2 is 1.90 bits per heavy atom. The molecule has 2 N–H and O–H groups in total. The zero-order chi connectivity index (χ0) is 23.0. The Balaban J connectivity index is 1.75. The lowest BCUT2D eigenvalue weighted by atomic mass is 9.91. The van der Waals surface area contributed by atoms with E-state index in [0.717, 1.165) is 18.6 Å². The number of carbonyl (C=O) groups is 2. The highest BCUT2D eigenvalue weighted by Crippen LogP contribution is 2.36. The lowest BCUT2D eigenvalue weighted by Gasteiger charge is -2.42. The Kier molecular flexibility index (Phi) is 6.31. The zero-order valence-corrected chi connectivity index (χ0v) is 18.3. The maximum Gasteiger partial charge on any atom is 0.416 e. The fourth-order valence-corrected chi connectivity index (χ4v) is 4.48. The first kappa shape index (κ1) is 23.1. The third-order valence-corrected chi connectivity index (χ3v) is 6.29. The quantitative estimate of drug-likeness (QED) is 0.664. The smallest absolute Gasteiger partial charge is 0.416 e. The van der Waals surface area contributed by atoms with Crippen molar-refractivity contribution in [2.45, 2.75) is 57.9 Å². The molecule has 1 aromatic carbocycles. The third-order valence-electron chi connectivity index (χ3n) is 5.27. The molecule has 10 heteroatoms. The van der Waals surface area contributed by atoms with Crippen LogP contribution in [0.15, 0.2) is 24.3 Å². The number of nitrogens with two attached hydrogens (primary N) is 1. The number of hydrogen-bond donors (Lipinski definition) is 1. The second kappa shape index (κ2) is 8.49. The molecule has 3 rings (SSSR count). The van der Waals surface area contributed by atoms with E-state index in [2.05, 4.69) is 4.98 Å². The van der Waals surface area contributed by atoms with Crippen LogP contribution in [0.3, 0.4) is 0 Å². The van der Waals surface area contributed by atoms with Gasteiger partial charge in [0.05, 0.1) is 15.4 Å². The molecular formula is C21H24F3N3O3S. The SMILES string of the molecule is Cc1nc(C(=O)N2CCC2CCC(C)(C)OC(N)=O)c(-c2ccc(C(F)(F)F)cc2)s1. The highest BCUT2D eigenvalue weighted by molar-refractivity contribution is 7.15. The average Bonchev–Trinajstić information content (AvgIpc) is 3.01. The molecule has 2 amide bonds. The number of rotatable bonds is 6. The van der Waals surface area contributed by atoms with E-state index >= 15 is 0 Å². The number of aryl methyl sites for hydroxylation is 1. The summed E-state index contributed by atoms with van der Waals surface area (Å²) in [6.45, 7) is 5.85. The predicted octanol–water partition coefficient (Wildman–Crippen LogP) is 5.01. The number of nitrogens with zero attached hydrogens (tertiary/aromatic N) is 2. The fourth-order valence-electron chi connectivity index (χ4n) is 3.56. The summed E-state index contributed by atoms with van der Waals surface area (Å²) in [5, 5.41) is 0.659. The van der Waals surface area contributed by atoms with Gasteiger partial charge in [0.15, 0.2) is 0 Å². The maximum absolute atomic E-state index is 13.2. The second-order valence-electron chi connectivity index (χ2n) is 8.15. The highest BCUT2D eigenvalue weighted by Gasteiger charge is 2.37. The predicted molar refractivity (Wildman–Crippen MR) is 111 cm³/mol. The topological polar surface area (TPSA) is 85.5 Å². The molecule has 0 saturated carbocycles. The van der Waals surface area contributed by atoms with Crippen molar-refractivity contribution < 1.29 is 27.5 Å². The van der Waals surface area contributed by atoms with Crippen molar-refractivity contribution >= 4 is 23.3 Å². The van der Waals surface area contributed by atoms with Crippen LogP contribution in [0.2, 0.25) is 0 Å². The number of primary amides is 1. The molecule has 0 spiro atoms. The van der Waals surface area contributed by atoms with E-state index in [1.165, 1.54) is 23.5 Å². The number of halogens is 3. The Bertz CT molecular complexity index is 970. The Morgan fingerprint density at radius 3 is 2.42 bits per heavy atom. The number of thiazole rings is 1. The molecule has 0 aliphatic carbocycles. The van der Waals surface area contributed by atoms with Crippen molar-refractivity contribution in [3.63, 3.8) is 0 Å². The van der Waals surface area contributed by atoms with Crippen molar-refractivity contribution in [3.05, 3.63) is 40.5 Å². The molecule has 1 atom stereocenters. The summed E-state index contributed by atoms with van der Waals surface area (Å²) in [5.41, 5.74) is 4.39. The van der Waals surface area contributed by atoms with E-state index in [9.17, 15) is 22.8 Å². The fraction of sp³-hybridized carbons (Fsp3) is 0.476. The van der Waals surface area contributed by atoms with Gasteiger partial charge in [0.2, 0.25) is 0 Å². The molecule has 2 heterocycles. The number of alkyl halides is 3. The number of aromatic nitrogens is 1. The summed E-state index contributed by atoms with van der Waals surface area (Å²) < 4.78 is 43.7. The van der Waals surface area contributed by atoms with Gasteiger partial charge < -0.3 is 15.4 Å². The van der Waals surface area contributed by atoms with E-state index < -0.39 is 23.4 Å². The van der Waals surface area contributed by atoms with Crippen LogP contribution in [0.4, 0.5) is 18.0 Å². The van der Waals surface area contributed by atoms with Gasteiger partial charge in [0, 0.05) is 12.6 Å². The van der Waals surface area contributed by atoms with Crippen molar-refractivity contribution in [2.24, 2.45) is 5.73 Å². The highest BCUT2D eigenvalue weighted by atomic mass is 32.1. The van der Waals surface area contributed by atoms with Gasteiger partial charge >= 0.3 is 12.3 Å². The molecule has 6 nitrogen and oxygen atoms in total. The van der Waals surface area contributed by atoms with Crippen LogP contribution >= 0.6 is 11.3 Å². The molecule has 0 radical (unpaired) electrons. The normalized spacial score (nSPS) is 16.7. The number of benzene rings is 1. The average molecular weight is 456 g/mol. The summed E-state index contributed by atoms with van der Waals surface area (Å²) in [7, 11) is 0. The molecule has 31 heavy (non-hydrogen) atoms.